The first-order valence-corrected chi connectivity index (χ1v) is 9.40. The van der Waals surface area contributed by atoms with Crippen LogP contribution >= 0.6 is 24.0 Å². The number of benzene rings is 1. The van der Waals surface area contributed by atoms with Gasteiger partial charge in [-0.2, -0.15) is 0 Å². The predicted molar refractivity (Wildman–Crippen MR) is 125 cm³/mol. The standard InChI is InChI=1S/C20H35N5O.HI/c1-15(2)25(16(3)4)13-12-24-20(21-6)23-11-10-22-19(26)18-9-7-8-17(5)14-18;/h7-9,14-16H,10-13H2,1-6H3,(H,22,26)(H2,21,23,24);1H. The van der Waals surface area contributed by atoms with Gasteiger partial charge in [0.25, 0.3) is 5.91 Å². The SMILES string of the molecule is CN=C(NCCNC(=O)c1cccc(C)c1)NCCN(C(C)C)C(C)C.I. The van der Waals surface area contributed by atoms with Gasteiger partial charge in [-0.25, -0.2) is 0 Å². The third-order valence-corrected chi connectivity index (χ3v) is 4.20. The second-order valence-corrected chi connectivity index (χ2v) is 6.98. The van der Waals surface area contributed by atoms with Gasteiger partial charge < -0.3 is 16.0 Å². The molecule has 154 valence electrons. The third kappa shape index (κ3) is 9.95. The Morgan fingerprint density at radius 1 is 1.04 bits per heavy atom. The molecule has 1 amide bonds. The Morgan fingerprint density at radius 3 is 2.19 bits per heavy atom. The zero-order chi connectivity index (χ0) is 19.5. The molecule has 0 fully saturated rings. The molecule has 0 saturated heterocycles. The van der Waals surface area contributed by atoms with Crippen molar-refractivity contribution >= 4 is 35.8 Å². The Labute approximate surface area is 181 Å². The summed E-state index contributed by atoms with van der Waals surface area (Å²) in [6.07, 6.45) is 0. The first-order valence-electron chi connectivity index (χ1n) is 9.40. The van der Waals surface area contributed by atoms with Gasteiger partial charge in [0, 0.05) is 50.9 Å². The highest BCUT2D eigenvalue weighted by Gasteiger charge is 2.12. The first kappa shape index (κ1) is 25.6. The van der Waals surface area contributed by atoms with Gasteiger partial charge in [0.15, 0.2) is 5.96 Å². The molecule has 0 saturated carbocycles. The van der Waals surface area contributed by atoms with Crippen LogP contribution in [0.15, 0.2) is 29.3 Å². The predicted octanol–water partition coefficient (Wildman–Crippen LogP) is 2.63. The van der Waals surface area contributed by atoms with E-state index in [0.29, 0.717) is 30.7 Å². The summed E-state index contributed by atoms with van der Waals surface area (Å²) in [5.74, 6) is 0.699. The molecule has 0 aliphatic rings. The number of aliphatic imine (C=N–C) groups is 1. The van der Waals surface area contributed by atoms with Crippen LogP contribution in [0.3, 0.4) is 0 Å². The van der Waals surface area contributed by atoms with Crippen molar-refractivity contribution < 1.29 is 4.79 Å². The van der Waals surface area contributed by atoms with Crippen LogP contribution < -0.4 is 16.0 Å². The van der Waals surface area contributed by atoms with E-state index in [1.165, 1.54) is 0 Å². The van der Waals surface area contributed by atoms with E-state index in [2.05, 4.69) is 53.5 Å². The second kappa shape index (κ2) is 13.8. The summed E-state index contributed by atoms with van der Waals surface area (Å²) in [5, 5.41) is 9.46. The molecule has 0 unspecified atom stereocenters. The lowest BCUT2D eigenvalue weighted by Gasteiger charge is -2.30. The van der Waals surface area contributed by atoms with Crippen molar-refractivity contribution in [2.75, 3.05) is 33.2 Å². The summed E-state index contributed by atoms with van der Waals surface area (Å²) in [4.78, 5) is 18.8. The highest BCUT2D eigenvalue weighted by molar-refractivity contribution is 14.0. The lowest BCUT2D eigenvalue weighted by atomic mass is 10.1. The van der Waals surface area contributed by atoms with Crippen LogP contribution in [0.2, 0.25) is 0 Å². The van der Waals surface area contributed by atoms with Gasteiger partial charge in [-0.1, -0.05) is 17.7 Å². The zero-order valence-corrected chi connectivity index (χ0v) is 19.8. The molecule has 1 aromatic rings. The molecule has 3 N–H and O–H groups in total. The van der Waals surface area contributed by atoms with E-state index in [-0.39, 0.29) is 29.9 Å². The number of nitrogens with zero attached hydrogens (tertiary/aromatic N) is 2. The minimum absolute atomic E-state index is 0. The average molecular weight is 489 g/mol. The van der Waals surface area contributed by atoms with Crippen molar-refractivity contribution in [1.29, 1.82) is 0 Å². The van der Waals surface area contributed by atoms with Crippen LogP contribution in [0.1, 0.15) is 43.6 Å². The zero-order valence-electron chi connectivity index (χ0n) is 17.5. The Bertz CT molecular complexity index is 581. The third-order valence-electron chi connectivity index (χ3n) is 4.20. The lowest BCUT2D eigenvalue weighted by Crippen LogP contribution is -2.46. The van der Waals surface area contributed by atoms with Crippen molar-refractivity contribution in [3.8, 4) is 0 Å². The highest BCUT2D eigenvalue weighted by Crippen LogP contribution is 2.04. The maximum absolute atomic E-state index is 12.1. The number of hydrogen-bond acceptors (Lipinski definition) is 3. The van der Waals surface area contributed by atoms with E-state index in [4.69, 9.17) is 0 Å². The van der Waals surface area contributed by atoms with E-state index in [1.54, 1.807) is 7.05 Å². The first-order chi connectivity index (χ1) is 12.3. The Morgan fingerprint density at radius 2 is 1.63 bits per heavy atom. The van der Waals surface area contributed by atoms with Crippen LogP contribution in [-0.2, 0) is 0 Å². The maximum Gasteiger partial charge on any atom is 0.251 e. The van der Waals surface area contributed by atoms with Gasteiger partial charge in [-0.05, 0) is 46.8 Å². The number of nitrogens with one attached hydrogen (secondary N) is 3. The summed E-state index contributed by atoms with van der Waals surface area (Å²) in [6, 6.07) is 8.62. The second-order valence-electron chi connectivity index (χ2n) is 6.98. The summed E-state index contributed by atoms with van der Waals surface area (Å²) in [6.45, 7) is 13.8. The molecule has 0 aliphatic heterocycles. The van der Waals surface area contributed by atoms with Crippen molar-refractivity contribution in [2.45, 2.75) is 46.7 Å². The van der Waals surface area contributed by atoms with Crippen LogP contribution in [-0.4, -0.2) is 62.1 Å². The number of carbonyl (C=O) groups is 1. The fraction of sp³-hybridized carbons (Fsp3) is 0.600. The number of guanidine groups is 1. The van der Waals surface area contributed by atoms with Gasteiger partial charge in [0.2, 0.25) is 0 Å². The van der Waals surface area contributed by atoms with Gasteiger partial charge in [0.1, 0.15) is 0 Å². The fourth-order valence-corrected chi connectivity index (χ4v) is 2.88. The Kier molecular flexibility index (Phi) is 13.1. The highest BCUT2D eigenvalue weighted by atomic mass is 127. The number of carbonyl (C=O) groups excluding carboxylic acids is 1. The van der Waals surface area contributed by atoms with Crippen LogP contribution in [0.4, 0.5) is 0 Å². The monoisotopic (exact) mass is 489 g/mol. The molecule has 27 heavy (non-hydrogen) atoms. The van der Waals surface area contributed by atoms with Crippen molar-refractivity contribution in [2.24, 2.45) is 4.99 Å². The average Bonchev–Trinajstić information content (AvgIpc) is 2.59. The van der Waals surface area contributed by atoms with Gasteiger partial charge in [-0.3, -0.25) is 14.7 Å². The molecular formula is C20H36IN5O. The molecule has 1 rings (SSSR count). The molecule has 6 nitrogen and oxygen atoms in total. The largest absolute Gasteiger partial charge is 0.355 e. The van der Waals surface area contributed by atoms with Crippen molar-refractivity contribution in [1.82, 2.24) is 20.9 Å². The molecule has 0 atom stereocenters. The molecule has 0 spiro atoms. The molecule has 0 heterocycles. The lowest BCUT2D eigenvalue weighted by molar-refractivity contribution is 0.0954. The topological polar surface area (TPSA) is 68.8 Å². The summed E-state index contributed by atoms with van der Waals surface area (Å²) in [5.41, 5.74) is 1.77. The minimum Gasteiger partial charge on any atom is -0.355 e. The molecule has 1 aromatic carbocycles. The summed E-state index contributed by atoms with van der Waals surface area (Å²) in [7, 11) is 1.75. The van der Waals surface area contributed by atoms with Gasteiger partial charge >= 0.3 is 0 Å². The van der Waals surface area contributed by atoms with E-state index in [1.807, 2.05) is 31.2 Å². The van der Waals surface area contributed by atoms with Gasteiger partial charge in [-0.15, -0.1) is 24.0 Å². The summed E-state index contributed by atoms with van der Waals surface area (Å²) < 4.78 is 0. The van der Waals surface area contributed by atoms with Crippen molar-refractivity contribution in [3.63, 3.8) is 0 Å². The van der Waals surface area contributed by atoms with E-state index in [9.17, 15) is 4.79 Å². The number of halogens is 1. The quantitative estimate of drug-likeness (QED) is 0.216. The Balaban J connectivity index is 0.00000676. The molecule has 0 radical (unpaired) electrons. The molecule has 0 aromatic heterocycles. The van der Waals surface area contributed by atoms with Gasteiger partial charge in [0.05, 0.1) is 0 Å². The smallest absolute Gasteiger partial charge is 0.251 e. The van der Waals surface area contributed by atoms with Crippen LogP contribution in [0.25, 0.3) is 0 Å². The van der Waals surface area contributed by atoms with Crippen LogP contribution in [0, 0.1) is 6.92 Å². The Hall–Kier alpha value is -1.35. The van der Waals surface area contributed by atoms with Crippen LogP contribution in [0.5, 0.6) is 0 Å². The van der Waals surface area contributed by atoms with Crippen molar-refractivity contribution in [3.05, 3.63) is 35.4 Å². The molecule has 7 heteroatoms. The van der Waals surface area contributed by atoms with E-state index in [0.717, 1.165) is 24.6 Å². The summed E-state index contributed by atoms with van der Waals surface area (Å²) >= 11 is 0. The number of rotatable bonds is 9. The van der Waals surface area contributed by atoms with E-state index < -0.39 is 0 Å². The number of aryl methyl sites for hydroxylation is 1. The normalized spacial score (nSPS) is 11.5. The number of amides is 1. The molecule has 0 bridgehead atoms. The fourth-order valence-electron chi connectivity index (χ4n) is 2.88. The molecular weight excluding hydrogens is 453 g/mol. The van der Waals surface area contributed by atoms with E-state index >= 15 is 0 Å². The number of hydrogen-bond donors (Lipinski definition) is 3. The maximum atomic E-state index is 12.1. The molecule has 0 aliphatic carbocycles. The minimum atomic E-state index is -0.0528.